The molecule has 6 nitrogen and oxygen atoms in total. The van der Waals surface area contributed by atoms with Crippen molar-refractivity contribution < 1.29 is 0 Å². The predicted octanol–water partition coefficient (Wildman–Crippen LogP) is 1.87. The highest BCUT2D eigenvalue weighted by molar-refractivity contribution is 5.54. The van der Waals surface area contributed by atoms with Gasteiger partial charge in [0.05, 0.1) is 5.69 Å². The van der Waals surface area contributed by atoms with Gasteiger partial charge in [-0.25, -0.2) is 4.68 Å². The number of piperidine rings is 1. The number of rotatable bonds is 4. The summed E-state index contributed by atoms with van der Waals surface area (Å²) in [4.78, 5) is 2.45. The molecule has 0 bridgehead atoms. The maximum absolute atomic E-state index is 3.97. The molecule has 1 saturated heterocycles. The molecule has 0 radical (unpaired) electrons. The fraction of sp³-hybridized carbons (Fsp3) is 0.533. The van der Waals surface area contributed by atoms with Gasteiger partial charge in [-0.05, 0) is 61.5 Å². The Morgan fingerprint density at radius 1 is 1.33 bits per heavy atom. The molecule has 1 unspecified atom stereocenters. The molecule has 1 aliphatic heterocycles. The molecule has 1 atom stereocenters. The van der Waals surface area contributed by atoms with Gasteiger partial charge in [0.15, 0.2) is 0 Å². The fourth-order valence-electron chi connectivity index (χ4n) is 2.88. The summed E-state index contributed by atoms with van der Waals surface area (Å²) in [6.07, 6.45) is 5.55. The number of tetrazole rings is 1. The lowest BCUT2D eigenvalue weighted by Gasteiger charge is -2.32. The molecule has 1 aromatic heterocycles. The highest BCUT2D eigenvalue weighted by Crippen LogP contribution is 2.20. The third-order valence-corrected chi connectivity index (χ3v) is 4.27. The van der Waals surface area contributed by atoms with Crippen LogP contribution in [-0.4, -0.2) is 51.3 Å². The number of anilines is 1. The van der Waals surface area contributed by atoms with Crippen LogP contribution in [0.5, 0.6) is 0 Å². The van der Waals surface area contributed by atoms with Gasteiger partial charge >= 0.3 is 0 Å². The Kier molecular flexibility index (Phi) is 4.15. The van der Waals surface area contributed by atoms with E-state index in [-0.39, 0.29) is 0 Å². The summed E-state index contributed by atoms with van der Waals surface area (Å²) in [7, 11) is 2.22. The molecule has 2 aromatic rings. The van der Waals surface area contributed by atoms with Crippen molar-refractivity contribution in [2.24, 2.45) is 0 Å². The third-order valence-electron chi connectivity index (χ3n) is 4.27. The van der Waals surface area contributed by atoms with Crippen LogP contribution in [0.1, 0.15) is 24.8 Å². The normalized spacial score (nSPS) is 19.6. The van der Waals surface area contributed by atoms with E-state index in [1.165, 1.54) is 25.8 Å². The zero-order chi connectivity index (χ0) is 14.7. The number of aryl methyl sites for hydroxylation is 1. The van der Waals surface area contributed by atoms with Crippen molar-refractivity contribution in [2.75, 3.05) is 25.5 Å². The second-order valence-electron chi connectivity index (χ2n) is 5.77. The highest BCUT2D eigenvalue weighted by atomic mass is 15.5. The van der Waals surface area contributed by atoms with Crippen molar-refractivity contribution >= 4 is 5.69 Å². The topological polar surface area (TPSA) is 58.9 Å². The molecule has 1 N–H and O–H groups in total. The Labute approximate surface area is 125 Å². The van der Waals surface area contributed by atoms with Gasteiger partial charge < -0.3 is 10.2 Å². The van der Waals surface area contributed by atoms with Crippen molar-refractivity contribution in [1.29, 1.82) is 0 Å². The van der Waals surface area contributed by atoms with E-state index in [0.29, 0.717) is 6.04 Å². The van der Waals surface area contributed by atoms with Gasteiger partial charge in [0.1, 0.15) is 6.33 Å². The third kappa shape index (κ3) is 3.21. The van der Waals surface area contributed by atoms with E-state index < -0.39 is 0 Å². The van der Waals surface area contributed by atoms with E-state index in [4.69, 9.17) is 0 Å². The number of aromatic nitrogens is 4. The van der Waals surface area contributed by atoms with Gasteiger partial charge in [0, 0.05) is 18.3 Å². The average molecular weight is 286 g/mol. The Morgan fingerprint density at radius 2 is 2.24 bits per heavy atom. The minimum atomic E-state index is 0.622. The number of likely N-dealkylation sites (N-methyl/N-ethyl adjacent to an activating group) is 1. The molecular weight excluding hydrogens is 264 g/mol. The van der Waals surface area contributed by atoms with Crippen molar-refractivity contribution in [3.05, 3.63) is 30.1 Å². The quantitative estimate of drug-likeness (QED) is 0.930. The summed E-state index contributed by atoms with van der Waals surface area (Å²) in [6, 6.07) is 6.95. The molecule has 1 fully saturated rings. The maximum Gasteiger partial charge on any atom is 0.143 e. The summed E-state index contributed by atoms with van der Waals surface area (Å²) in [5.41, 5.74) is 3.29. The number of likely N-dealkylation sites (tertiary alicyclic amines) is 1. The molecule has 1 aromatic carbocycles. The van der Waals surface area contributed by atoms with Crippen LogP contribution in [0.4, 0.5) is 5.69 Å². The van der Waals surface area contributed by atoms with Crippen molar-refractivity contribution in [3.8, 4) is 5.69 Å². The summed E-state index contributed by atoms with van der Waals surface area (Å²) in [6.45, 7) is 4.25. The summed E-state index contributed by atoms with van der Waals surface area (Å²) >= 11 is 0. The van der Waals surface area contributed by atoms with Crippen LogP contribution in [0, 0.1) is 6.92 Å². The van der Waals surface area contributed by atoms with Crippen molar-refractivity contribution in [2.45, 2.75) is 32.2 Å². The monoisotopic (exact) mass is 286 g/mol. The number of hydrogen-bond donors (Lipinski definition) is 1. The molecule has 0 spiro atoms. The first-order valence-corrected chi connectivity index (χ1v) is 7.52. The van der Waals surface area contributed by atoms with Crippen LogP contribution in [0.2, 0.25) is 0 Å². The van der Waals surface area contributed by atoms with Gasteiger partial charge in [0.2, 0.25) is 0 Å². The lowest BCUT2D eigenvalue weighted by Crippen LogP contribution is -2.40. The average Bonchev–Trinajstić information content (AvgIpc) is 3.02. The number of nitrogens with one attached hydrogen (secondary N) is 1. The number of benzene rings is 1. The molecule has 0 aliphatic carbocycles. The molecule has 2 heterocycles. The van der Waals surface area contributed by atoms with Gasteiger partial charge in [-0.15, -0.1) is 5.10 Å². The van der Waals surface area contributed by atoms with Gasteiger partial charge in [0.25, 0.3) is 0 Å². The molecule has 21 heavy (non-hydrogen) atoms. The zero-order valence-electron chi connectivity index (χ0n) is 12.7. The van der Waals surface area contributed by atoms with E-state index in [1.54, 1.807) is 11.0 Å². The summed E-state index contributed by atoms with van der Waals surface area (Å²) in [5, 5.41) is 14.9. The van der Waals surface area contributed by atoms with Crippen LogP contribution in [0.25, 0.3) is 5.69 Å². The van der Waals surface area contributed by atoms with Crippen LogP contribution in [0.3, 0.4) is 0 Å². The molecular formula is C15H22N6. The predicted molar refractivity (Wildman–Crippen MR) is 82.6 cm³/mol. The van der Waals surface area contributed by atoms with Crippen LogP contribution < -0.4 is 5.32 Å². The SMILES string of the molecule is Cc1ccc(NCC2CCCCN2C)cc1-n1cnnn1. The minimum absolute atomic E-state index is 0.622. The Balaban J connectivity index is 1.70. The summed E-state index contributed by atoms with van der Waals surface area (Å²) < 4.78 is 1.70. The van der Waals surface area contributed by atoms with Gasteiger partial charge in [-0.2, -0.15) is 0 Å². The maximum atomic E-state index is 3.97. The van der Waals surface area contributed by atoms with Crippen LogP contribution >= 0.6 is 0 Å². The first kappa shape index (κ1) is 14.0. The van der Waals surface area contributed by atoms with Crippen LogP contribution in [-0.2, 0) is 0 Å². The first-order chi connectivity index (χ1) is 10.2. The van der Waals surface area contributed by atoms with Gasteiger partial charge in [-0.1, -0.05) is 12.5 Å². The largest absolute Gasteiger partial charge is 0.383 e. The second kappa shape index (κ2) is 6.22. The Hall–Kier alpha value is -1.95. The van der Waals surface area contributed by atoms with Crippen LogP contribution in [0.15, 0.2) is 24.5 Å². The fourth-order valence-corrected chi connectivity index (χ4v) is 2.88. The highest BCUT2D eigenvalue weighted by Gasteiger charge is 2.18. The van der Waals surface area contributed by atoms with E-state index in [9.17, 15) is 0 Å². The summed E-state index contributed by atoms with van der Waals surface area (Å²) in [5.74, 6) is 0. The first-order valence-electron chi connectivity index (χ1n) is 7.52. The van der Waals surface area contributed by atoms with Gasteiger partial charge in [-0.3, -0.25) is 0 Å². The Bertz CT molecular complexity index is 580. The van der Waals surface area contributed by atoms with E-state index >= 15 is 0 Å². The van der Waals surface area contributed by atoms with E-state index in [0.717, 1.165) is 23.5 Å². The number of hydrogen-bond acceptors (Lipinski definition) is 5. The molecule has 0 amide bonds. The second-order valence-corrected chi connectivity index (χ2v) is 5.77. The van der Waals surface area contributed by atoms with Crippen molar-refractivity contribution in [3.63, 3.8) is 0 Å². The molecule has 6 heteroatoms. The lowest BCUT2D eigenvalue weighted by molar-refractivity contribution is 0.194. The molecule has 1 aliphatic rings. The standard InChI is InChI=1S/C15H22N6/c1-12-6-7-13(9-15(12)21-11-17-18-19-21)16-10-14-5-3-4-8-20(14)2/h6-7,9,11,14,16H,3-5,8,10H2,1-2H3. The minimum Gasteiger partial charge on any atom is -0.383 e. The zero-order valence-corrected chi connectivity index (χ0v) is 12.7. The van der Waals surface area contributed by atoms with E-state index in [1.807, 2.05) is 0 Å². The smallest absolute Gasteiger partial charge is 0.143 e. The number of nitrogens with zero attached hydrogens (tertiary/aromatic N) is 5. The van der Waals surface area contributed by atoms with E-state index in [2.05, 4.69) is 57.9 Å². The molecule has 3 rings (SSSR count). The Morgan fingerprint density at radius 3 is 3.00 bits per heavy atom. The van der Waals surface area contributed by atoms with Crippen molar-refractivity contribution in [1.82, 2.24) is 25.1 Å². The lowest BCUT2D eigenvalue weighted by atomic mass is 10.0. The molecule has 112 valence electrons. The molecule has 0 saturated carbocycles.